The van der Waals surface area contributed by atoms with E-state index in [2.05, 4.69) is 5.32 Å². The molecule has 1 N–H and O–H groups in total. The molecule has 22 heavy (non-hydrogen) atoms. The first-order valence-electron chi connectivity index (χ1n) is 8.26. The highest BCUT2D eigenvalue weighted by atomic mass is 16.5. The van der Waals surface area contributed by atoms with Crippen LogP contribution in [0.15, 0.2) is 24.3 Å². The lowest BCUT2D eigenvalue weighted by atomic mass is 9.96. The van der Waals surface area contributed by atoms with Gasteiger partial charge in [-0.25, -0.2) is 0 Å². The molecule has 2 aliphatic rings. The Hall–Kier alpha value is -1.55. The summed E-state index contributed by atoms with van der Waals surface area (Å²) in [6, 6.07) is 8.05. The maximum absolute atomic E-state index is 12.2. The van der Waals surface area contributed by atoms with Gasteiger partial charge in [-0.05, 0) is 37.3 Å². The molecule has 4 heteroatoms. The number of carbonyl (C=O) groups excluding carboxylic acids is 1. The summed E-state index contributed by atoms with van der Waals surface area (Å²) in [6.45, 7) is 0.667. The van der Waals surface area contributed by atoms with Crippen LogP contribution in [0.1, 0.15) is 44.1 Å². The first kappa shape index (κ1) is 15.3. The maximum Gasteiger partial charge on any atom is 0.220 e. The Morgan fingerprint density at radius 1 is 1.36 bits per heavy atom. The third-order valence-electron chi connectivity index (χ3n) is 4.90. The molecule has 1 amide bonds. The zero-order valence-corrected chi connectivity index (χ0v) is 13.3. The molecule has 1 atom stereocenters. The number of benzene rings is 1. The van der Waals surface area contributed by atoms with Gasteiger partial charge in [-0.2, -0.15) is 0 Å². The van der Waals surface area contributed by atoms with Gasteiger partial charge < -0.3 is 14.8 Å². The number of ether oxygens (including phenoxy) is 2. The predicted molar refractivity (Wildman–Crippen MR) is 85.0 cm³/mol. The third-order valence-corrected chi connectivity index (χ3v) is 4.90. The Kier molecular flexibility index (Phi) is 4.67. The number of hydrogen-bond donors (Lipinski definition) is 1. The number of methoxy groups -OCH3 is 1. The number of rotatable bonds is 5. The normalized spacial score (nSPS) is 22.9. The molecule has 2 fully saturated rings. The first-order chi connectivity index (χ1) is 10.7. The van der Waals surface area contributed by atoms with Crippen LogP contribution in [-0.4, -0.2) is 31.3 Å². The van der Waals surface area contributed by atoms with Crippen molar-refractivity contribution >= 4 is 5.91 Å². The number of aryl methyl sites for hydroxylation is 1. The van der Waals surface area contributed by atoms with Crippen LogP contribution in [0.5, 0.6) is 5.75 Å². The predicted octanol–water partition coefficient (Wildman–Crippen LogP) is 2.85. The highest BCUT2D eigenvalue weighted by molar-refractivity contribution is 5.76. The van der Waals surface area contributed by atoms with Crippen LogP contribution in [0, 0.1) is 0 Å². The van der Waals surface area contributed by atoms with Crippen molar-refractivity contribution in [2.75, 3.05) is 13.7 Å². The van der Waals surface area contributed by atoms with Crippen molar-refractivity contribution in [3.8, 4) is 5.75 Å². The Morgan fingerprint density at radius 3 is 2.91 bits per heavy atom. The quantitative estimate of drug-likeness (QED) is 0.910. The van der Waals surface area contributed by atoms with Crippen LogP contribution >= 0.6 is 0 Å². The third kappa shape index (κ3) is 3.43. The summed E-state index contributed by atoms with van der Waals surface area (Å²) in [6.07, 6.45) is 7.00. The topological polar surface area (TPSA) is 47.6 Å². The monoisotopic (exact) mass is 303 g/mol. The van der Waals surface area contributed by atoms with Crippen molar-refractivity contribution in [3.63, 3.8) is 0 Å². The summed E-state index contributed by atoms with van der Waals surface area (Å²) >= 11 is 0. The fourth-order valence-electron chi connectivity index (χ4n) is 3.76. The highest BCUT2D eigenvalue weighted by Gasteiger charge is 2.42. The summed E-state index contributed by atoms with van der Waals surface area (Å²) in [5.41, 5.74) is 1.15. The van der Waals surface area contributed by atoms with E-state index >= 15 is 0 Å². The SMILES string of the molecule is COc1ccccc1CCC(=O)N[C@H]1COC2(CCCC2)C1. The van der Waals surface area contributed by atoms with E-state index in [1.54, 1.807) is 7.11 Å². The van der Waals surface area contributed by atoms with Crippen molar-refractivity contribution in [1.82, 2.24) is 5.32 Å². The van der Waals surface area contributed by atoms with Crippen LogP contribution in [0.2, 0.25) is 0 Å². The molecule has 0 bridgehead atoms. The molecule has 4 nitrogen and oxygen atoms in total. The highest BCUT2D eigenvalue weighted by Crippen LogP contribution is 2.40. The molecular weight excluding hydrogens is 278 g/mol. The second-order valence-corrected chi connectivity index (χ2v) is 6.48. The summed E-state index contributed by atoms with van der Waals surface area (Å²) in [5.74, 6) is 0.957. The molecule has 1 aliphatic carbocycles. The average Bonchev–Trinajstić information content (AvgIpc) is 3.16. The van der Waals surface area contributed by atoms with E-state index < -0.39 is 0 Å². The van der Waals surface area contributed by atoms with E-state index in [9.17, 15) is 4.79 Å². The molecule has 1 aromatic carbocycles. The van der Waals surface area contributed by atoms with E-state index in [1.165, 1.54) is 12.8 Å². The van der Waals surface area contributed by atoms with E-state index in [0.717, 1.165) is 30.6 Å². The summed E-state index contributed by atoms with van der Waals surface area (Å²) in [4.78, 5) is 12.2. The van der Waals surface area contributed by atoms with Gasteiger partial charge in [0.2, 0.25) is 5.91 Å². The Labute approximate surface area is 132 Å². The van der Waals surface area contributed by atoms with Gasteiger partial charge in [0.05, 0.1) is 25.4 Å². The van der Waals surface area contributed by atoms with Gasteiger partial charge in [0.25, 0.3) is 0 Å². The van der Waals surface area contributed by atoms with Gasteiger partial charge >= 0.3 is 0 Å². The second-order valence-electron chi connectivity index (χ2n) is 6.48. The van der Waals surface area contributed by atoms with Gasteiger partial charge in [0.15, 0.2) is 0 Å². The van der Waals surface area contributed by atoms with E-state index in [-0.39, 0.29) is 17.6 Å². The van der Waals surface area contributed by atoms with Gasteiger partial charge in [-0.1, -0.05) is 31.0 Å². The molecule has 1 heterocycles. The summed E-state index contributed by atoms with van der Waals surface area (Å²) in [7, 11) is 1.66. The van der Waals surface area contributed by atoms with Crippen molar-refractivity contribution in [2.24, 2.45) is 0 Å². The van der Waals surface area contributed by atoms with E-state index in [4.69, 9.17) is 9.47 Å². The maximum atomic E-state index is 12.2. The first-order valence-corrected chi connectivity index (χ1v) is 8.26. The van der Waals surface area contributed by atoms with Crippen LogP contribution in [-0.2, 0) is 16.0 Å². The molecule has 0 unspecified atom stereocenters. The summed E-state index contributed by atoms with van der Waals surface area (Å²) < 4.78 is 11.3. The molecule has 1 aliphatic heterocycles. The minimum Gasteiger partial charge on any atom is -0.496 e. The minimum atomic E-state index is 0.0700. The molecular formula is C18H25NO3. The Morgan fingerprint density at radius 2 is 2.14 bits per heavy atom. The molecule has 120 valence electrons. The van der Waals surface area contributed by atoms with Gasteiger partial charge in [0, 0.05) is 6.42 Å². The minimum absolute atomic E-state index is 0.0700. The number of para-hydroxylation sites is 1. The van der Waals surface area contributed by atoms with Crippen LogP contribution < -0.4 is 10.1 Å². The Bertz CT molecular complexity index is 523. The van der Waals surface area contributed by atoms with Gasteiger partial charge in [-0.3, -0.25) is 4.79 Å². The van der Waals surface area contributed by atoms with Gasteiger partial charge in [0.1, 0.15) is 5.75 Å². The number of amides is 1. The van der Waals surface area contributed by atoms with Crippen LogP contribution in [0.25, 0.3) is 0 Å². The van der Waals surface area contributed by atoms with Crippen LogP contribution in [0.3, 0.4) is 0 Å². The van der Waals surface area contributed by atoms with Crippen molar-refractivity contribution in [2.45, 2.75) is 56.6 Å². The molecule has 0 aromatic heterocycles. The average molecular weight is 303 g/mol. The van der Waals surface area contributed by atoms with E-state index in [0.29, 0.717) is 19.4 Å². The van der Waals surface area contributed by atoms with Crippen molar-refractivity contribution < 1.29 is 14.3 Å². The molecule has 1 spiro atoms. The standard InChI is InChI=1S/C18H25NO3/c1-21-16-7-3-2-6-14(16)8-9-17(20)19-15-12-18(22-13-15)10-4-5-11-18/h2-3,6-7,15H,4-5,8-13H2,1H3,(H,19,20)/t15-/m1/s1. The molecule has 1 saturated heterocycles. The molecule has 3 rings (SSSR count). The number of nitrogens with one attached hydrogen (secondary N) is 1. The van der Waals surface area contributed by atoms with Crippen molar-refractivity contribution in [1.29, 1.82) is 0 Å². The van der Waals surface area contributed by atoms with Crippen LogP contribution in [0.4, 0.5) is 0 Å². The lowest BCUT2D eigenvalue weighted by molar-refractivity contribution is -0.121. The fraction of sp³-hybridized carbons (Fsp3) is 0.611. The molecule has 1 aromatic rings. The van der Waals surface area contributed by atoms with E-state index in [1.807, 2.05) is 24.3 Å². The number of carbonyl (C=O) groups is 1. The van der Waals surface area contributed by atoms with Gasteiger partial charge in [-0.15, -0.1) is 0 Å². The number of hydrogen-bond acceptors (Lipinski definition) is 3. The zero-order chi connectivity index (χ0) is 15.4. The lowest BCUT2D eigenvalue weighted by Crippen LogP contribution is -2.36. The largest absolute Gasteiger partial charge is 0.496 e. The van der Waals surface area contributed by atoms with Crippen molar-refractivity contribution in [3.05, 3.63) is 29.8 Å². The Balaban J connectivity index is 1.47. The summed E-state index contributed by atoms with van der Waals surface area (Å²) in [5, 5.41) is 3.13. The fourth-order valence-corrected chi connectivity index (χ4v) is 3.76. The smallest absolute Gasteiger partial charge is 0.220 e. The molecule has 0 radical (unpaired) electrons. The lowest BCUT2D eigenvalue weighted by Gasteiger charge is -2.21. The second kappa shape index (κ2) is 6.69. The molecule has 1 saturated carbocycles. The zero-order valence-electron chi connectivity index (χ0n) is 13.3.